The van der Waals surface area contributed by atoms with E-state index in [0.717, 1.165) is 0 Å². The van der Waals surface area contributed by atoms with Crippen LogP contribution in [-0.2, 0) is 14.3 Å². The maximum atomic E-state index is 12.1. The predicted molar refractivity (Wildman–Crippen MR) is 69.9 cm³/mol. The molecule has 114 valence electrons. The quantitative estimate of drug-likeness (QED) is 0.692. The number of rotatable bonds is 1. The van der Waals surface area contributed by atoms with E-state index in [1.54, 1.807) is 20.8 Å². The molecule has 1 atom stereocenters. The van der Waals surface area contributed by atoms with Crippen LogP contribution in [0.25, 0.3) is 0 Å². The summed E-state index contributed by atoms with van der Waals surface area (Å²) in [5.41, 5.74) is 4.53. The fourth-order valence-corrected chi connectivity index (χ4v) is 1.86. The van der Waals surface area contributed by atoms with Gasteiger partial charge in [0.25, 0.3) is 0 Å². The molecule has 1 fully saturated rings. The molecule has 0 bridgehead atoms. The van der Waals surface area contributed by atoms with Crippen LogP contribution < -0.4 is 5.73 Å². The summed E-state index contributed by atoms with van der Waals surface area (Å²) in [5.74, 6) is -0.609. The van der Waals surface area contributed by atoms with Crippen molar-refractivity contribution >= 4 is 18.1 Å². The lowest BCUT2D eigenvalue weighted by atomic mass is 10.1. The maximum Gasteiger partial charge on any atom is 0.411 e. The Morgan fingerprint density at radius 1 is 1.20 bits per heavy atom. The molecule has 8 heteroatoms. The monoisotopic (exact) mass is 287 g/mol. The number of nitrogens with two attached hydrogens (primary N) is 1. The van der Waals surface area contributed by atoms with Crippen molar-refractivity contribution in [2.75, 3.05) is 26.7 Å². The summed E-state index contributed by atoms with van der Waals surface area (Å²) in [6, 6.07) is -1.54. The number of hydrogen-bond acceptors (Lipinski definition) is 5. The Morgan fingerprint density at radius 2 is 1.80 bits per heavy atom. The first-order chi connectivity index (χ1) is 9.15. The molecule has 1 rings (SSSR count). The number of urea groups is 1. The second-order valence-corrected chi connectivity index (χ2v) is 5.50. The van der Waals surface area contributed by atoms with Gasteiger partial charge in [0.1, 0.15) is 5.60 Å². The van der Waals surface area contributed by atoms with Crippen molar-refractivity contribution < 1.29 is 23.9 Å². The smallest absolute Gasteiger partial charge is 0.411 e. The van der Waals surface area contributed by atoms with Gasteiger partial charge >= 0.3 is 18.1 Å². The highest BCUT2D eigenvalue weighted by molar-refractivity contribution is 5.83. The molecule has 1 unspecified atom stereocenters. The van der Waals surface area contributed by atoms with Crippen LogP contribution in [-0.4, -0.2) is 66.3 Å². The molecule has 3 amide bonds. The summed E-state index contributed by atoms with van der Waals surface area (Å²) in [6.45, 7) is 5.62. The fourth-order valence-electron chi connectivity index (χ4n) is 1.86. The van der Waals surface area contributed by atoms with Crippen LogP contribution in [0, 0.1) is 0 Å². The lowest BCUT2D eigenvalue weighted by Crippen LogP contribution is -2.61. The molecule has 1 aliphatic heterocycles. The summed E-state index contributed by atoms with van der Waals surface area (Å²) >= 11 is 0. The van der Waals surface area contributed by atoms with Crippen molar-refractivity contribution in [1.82, 2.24) is 9.80 Å². The van der Waals surface area contributed by atoms with Crippen molar-refractivity contribution in [3.63, 3.8) is 0 Å². The Bertz CT molecular complexity index is 404. The second-order valence-electron chi connectivity index (χ2n) is 5.50. The molecule has 0 aromatic rings. The summed E-state index contributed by atoms with van der Waals surface area (Å²) in [4.78, 5) is 37.6. The Kier molecular flexibility index (Phi) is 4.80. The van der Waals surface area contributed by atoms with E-state index in [-0.39, 0.29) is 19.6 Å². The average Bonchev–Trinajstić information content (AvgIpc) is 2.34. The first kappa shape index (κ1) is 16.1. The fraction of sp³-hybridized carbons (Fsp3) is 0.750. The third-order valence-electron chi connectivity index (χ3n) is 2.79. The molecule has 20 heavy (non-hydrogen) atoms. The van der Waals surface area contributed by atoms with E-state index in [0.29, 0.717) is 0 Å². The highest BCUT2D eigenvalue weighted by atomic mass is 16.6. The van der Waals surface area contributed by atoms with Gasteiger partial charge in [-0.15, -0.1) is 0 Å². The van der Waals surface area contributed by atoms with E-state index in [1.807, 2.05) is 0 Å². The highest BCUT2D eigenvalue weighted by Gasteiger charge is 2.39. The summed E-state index contributed by atoms with van der Waals surface area (Å²) < 4.78 is 9.90. The third kappa shape index (κ3) is 4.01. The van der Waals surface area contributed by atoms with E-state index in [1.165, 1.54) is 16.9 Å². The molecular weight excluding hydrogens is 266 g/mol. The highest BCUT2D eigenvalue weighted by Crippen LogP contribution is 2.16. The van der Waals surface area contributed by atoms with Crippen molar-refractivity contribution in [3.8, 4) is 0 Å². The second kappa shape index (κ2) is 5.98. The first-order valence-corrected chi connectivity index (χ1v) is 6.27. The van der Waals surface area contributed by atoms with Gasteiger partial charge in [0.05, 0.1) is 13.7 Å². The van der Waals surface area contributed by atoms with Gasteiger partial charge in [0, 0.05) is 13.1 Å². The number of amides is 3. The van der Waals surface area contributed by atoms with Crippen LogP contribution in [0.4, 0.5) is 9.59 Å². The van der Waals surface area contributed by atoms with Crippen LogP contribution in [0.15, 0.2) is 0 Å². The maximum absolute atomic E-state index is 12.1. The molecule has 0 aliphatic carbocycles. The number of piperazine rings is 1. The van der Waals surface area contributed by atoms with Crippen LogP contribution in [0.2, 0.25) is 0 Å². The zero-order valence-corrected chi connectivity index (χ0v) is 12.2. The Morgan fingerprint density at radius 3 is 2.25 bits per heavy atom. The lowest BCUT2D eigenvalue weighted by molar-refractivity contribution is -0.148. The van der Waals surface area contributed by atoms with E-state index in [9.17, 15) is 14.4 Å². The topological polar surface area (TPSA) is 102 Å². The van der Waals surface area contributed by atoms with E-state index in [2.05, 4.69) is 4.74 Å². The molecule has 0 radical (unpaired) electrons. The average molecular weight is 287 g/mol. The van der Waals surface area contributed by atoms with Gasteiger partial charge in [0.15, 0.2) is 6.04 Å². The van der Waals surface area contributed by atoms with Gasteiger partial charge in [-0.25, -0.2) is 14.4 Å². The molecule has 1 heterocycles. The molecule has 2 N–H and O–H groups in total. The Hall–Kier alpha value is -1.99. The van der Waals surface area contributed by atoms with Gasteiger partial charge in [-0.1, -0.05) is 0 Å². The standard InChI is InChI=1S/C12H21N3O5/c1-12(2,3)20-11(18)15-6-5-14(10(13)17)7-8(15)9(16)19-4/h8H,5-7H2,1-4H3,(H2,13,17). The van der Waals surface area contributed by atoms with E-state index >= 15 is 0 Å². The van der Waals surface area contributed by atoms with E-state index < -0.39 is 29.7 Å². The van der Waals surface area contributed by atoms with Gasteiger partial charge in [-0.3, -0.25) is 4.90 Å². The van der Waals surface area contributed by atoms with Gasteiger partial charge in [0.2, 0.25) is 0 Å². The van der Waals surface area contributed by atoms with Crippen molar-refractivity contribution in [2.24, 2.45) is 5.73 Å². The molecule has 0 spiro atoms. The van der Waals surface area contributed by atoms with Crippen LogP contribution in [0.1, 0.15) is 20.8 Å². The number of hydrogen-bond donors (Lipinski definition) is 1. The lowest BCUT2D eigenvalue weighted by Gasteiger charge is -2.39. The van der Waals surface area contributed by atoms with Gasteiger partial charge in [-0.2, -0.15) is 0 Å². The molecule has 0 aromatic carbocycles. The molecular formula is C12H21N3O5. The zero-order chi connectivity index (χ0) is 15.5. The number of methoxy groups -OCH3 is 1. The minimum absolute atomic E-state index is 0.00124. The minimum Gasteiger partial charge on any atom is -0.467 e. The van der Waals surface area contributed by atoms with Crippen molar-refractivity contribution in [3.05, 3.63) is 0 Å². The molecule has 8 nitrogen and oxygen atoms in total. The number of carbonyl (C=O) groups is 3. The zero-order valence-electron chi connectivity index (χ0n) is 12.2. The number of ether oxygens (including phenoxy) is 2. The number of nitrogens with zero attached hydrogens (tertiary/aromatic N) is 2. The van der Waals surface area contributed by atoms with Crippen molar-refractivity contribution in [1.29, 1.82) is 0 Å². The van der Waals surface area contributed by atoms with Crippen molar-refractivity contribution in [2.45, 2.75) is 32.4 Å². The van der Waals surface area contributed by atoms with Crippen LogP contribution in [0.3, 0.4) is 0 Å². The van der Waals surface area contributed by atoms with E-state index in [4.69, 9.17) is 10.5 Å². The molecule has 0 aromatic heterocycles. The van der Waals surface area contributed by atoms with Gasteiger partial charge in [-0.05, 0) is 20.8 Å². The third-order valence-corrected chi connectivity index (χ3v) is 2.79. The normalized spacial score (nSPS) is 19.5. The number of primary amides is 1. The summed E-state index contributed by atoms with van der Waals surface area (Å²) in [6.07, 6.45) is -0.614. The largest absolute Gasteiger partial charge is 0.467 e. The summed E-state index contributed by atoms with van der Waals surface area (Å²) in [7, 11) is 1.22. The molecule has 1 saturated heterocycles. The summed E-state index contributed by atoms with van der Waals surface area (Å²) in [5, 5.41) is 0. The minimum atomic E-state index is -0.906. The number of carbonyl (C=O) groups excluding carboxylic acids is 3. The van der Waals surface area contributed by atoms with Crippen LogP contribution >= 0.6 is 0 Å². The first-order valence-electron chi connectivity index (χ1n) is 6.27. The SMILES string of the molecule is COC(=O)C1CN(C(N)=O)CCN1C(=O)OC(C)(C)C. The Labute approximate surface area is 117 Å². The predicted octanol–water partition coefficient (Wildman–Crippen LogP) is 0.159. The number of esters is 1. The van der Waals surface area contributed by atoms with Gasteiger partial charge < -0.3 is 20.1 Å². The Balaban J connectivity index is 2.85. The molecule has 0 saturated carbocycles. The van der Waals surface area contributed by atoms with Crippen LogP contribution in [0.5, 0.6) is 0 Å². The molecule has 1 aliphatic rings.